The standard InChI is InChI=1S/C20H27N5O3/c1-13-6-5-7-21-16(13)14(2)23-19-22-12-15(20(3,4)18(26)27)17(24-19)25-8-10-28-11-9-25/h5-7,12,14H,8-11H2,1-4H3,(H,26,27)(H,22,23,24)/t14-/m0/s1. The molecule has 1 aliphatic heterocycles. The predicted molar refractivity (Wildman–Crippen MR) is 107 cm³/mol. The van der Waals surface area contributed by atoms with Gasteiger partial charge >= 0.3 is 5.97 Å². The van der Waals surface area contributed by atoms with Crippen LogP contribution in [0.2, 0.25) is 0 Å². The lowest BCUT2D eigenvalue weighted by Gasteiger charge is -2.32. The summed E-state index contributed by atoms with van der Waals surface area (Å²) in [4.78, 5) is 27.4. The van der Waals surface area contributed by atoms with Gasteiger partial charge in [0.05, 0.1) is 30.4 Å². The number of anilines is 2. The minimum Gasteiger partial charge on any atom is -0.481 e. The van der Waals surface area contributed by atoms with Crippen molar-refractivity contribution in [3.05, 3.63) is 41.3 Å². The third kappa shape index (κ3) is 4.06. The smallest absolute Gasteiger partial charge is 0.313 e. The fraction of sp³-hybridized carbons (Fsp3) is 0.500. The molecule has 1 fully saturated rings. The monoisotopic (exact) mass is 385 g/mol. The van der Waals surface area contributed by atoms with Crippen LogP contribution in [-0.4, -0.2) is 52.3 Å². The van der Waals surface area contributed by atoms with Gasteiger partial charge in [0.1, 0.15) is 5.82 Å². The molecule has 3 rings (SSSR count). The number of nitrogens with one attached hydrogen (secondary N) is 1. The van der Waals surface area contributed by atoms with Crippen LogP contribution in [-0.2, 0) is 14.9 Å². The van der Waals surface area contributed by atoms with E-state index >= 15 is 0 Å². The van der Waals surface area contributed by atoms with Crippen molar-refractivity contribution in [2.75, 3.05) is 36.5 Å². The topological polar surface area (TPSA) is 100 Å². The number of hydrogen-bond donors (Lipinski definition) is 2. The Morgan fingerprint density at radius 1 is 1.32 bits per heavy atom. The molecule has 0 saturated carbocycles. The maximum absolute atomic E-state index is 11.8. The minimum atomic E-state index is -1.10. The van der Waals surface area contributed by atoms with Crippen LogP contribution in [0.5, 0.6) is 0 Å². The number of ether oxygens (including phenoxy) is 1. The number of nitrogens with zero attached hydrogens (tertiary/aromatic N) is 4. The quantitative estimate of drug-likeness (QED) is 0.782. The molecule has 0 spiro atoms. The summed E-state index contributed by atoms with van der Waals surface area (Å²) in [5.74, 6) is 0.172. The maximum Gasteiger partial charge on any atom is 0.313 e. The second-order valence-electron chi connectivity index (χ2n) is 7.53. The van der Waals surface area contributed by atoms with Crippen molar-refractivity contribution in [3.63, 3.8) is 0 Å². The molecule has 0 amide bonds. The summed E-state index contributed by atoms with van der Waals surface area (Å²) in [7, 11) is 0. The van der Waals surface area contributed by atoms with Gasteiger partial charge in [0.15, 0.2) is 0 Å². The van der Waals surface area contributed by atoms with Gasteiger partial charge in [-0.15, -0.1) is 0 Å². The first-order chi connectivity index (χ1) is 13.3. The maximum atomic E-state index is 11.8. The minimum absolute atomic E-state index is 0.0860. The highest BCUT2D eigenvalue weighted by molar-refractivity contribution is 5.82. The molecule has 0 radical (unpaired) electrons. The number of aryl methyl sites for hydroxylation is 1. The Morgan fingerprint density at radius 3 is 2.68 bits per heavy atom. The van der Waals surface area contributed by atoms with Crippen LogP contribution in [0.3, 0.4) is 0 Å². The largest absolute Gasteiger partial charge is 0.481 e. The van der Waals surface area contributed by atoms with Crippen molar-refractivity contribution in [2.24, 2.45) is 0 Å². The van der Waals surface area contributed by atoms with Gasteiger partial charge in [0, 0.05) is 31.0 Å². The summed E-state index contributed by atoms with van der Waals surface area (Å²) in [5, 5.41) is 13.0. The van der Waals surface area contributed by atoms with Gasteiger partial charge in [-0.1, -0.05) is 6.07 Å². The SMILES string of the molecule is Cc1cccnc1[C@H](C)Nc1ncc(C(C)(C)C(=O)O)c(N2CCOCC2)n1. The summed E-state index contributed by atoms with van der Waals surface area (Å²) in [5.41, 5.74) is 1.50. The highest BCUT2D eigenvalue weighted by Crippen LogP contribution is 2.32. The molecule has 0 unspecified atom stereocenters. The number of morpholine rings is 1. The molecule has 8 heteroatoms. The van der Waals surface area contributed by atoms with E-state index in [4.69, 9.17) is 9.72 Å². The van der Waals surface area contributed by atoms with Crippen molar-refractivity contribution in [1.29, 1.82) is 0 Å². The number of hydrogen-bond acceptors (Lipinski definition) is 7. The van der Waals surface area contributed by atoms with Crippen molar-refractivity contribution in [3.8, 4) is 0 Å². The number of aromatic nitrogens is 3. The molecule has 1 saturated heterocycles. The molecule has 28 heavy (non-hydrogen) atoms. The van der Waals surface area contributed by atoms with Gasteiger partial charge in [-0.2, -0.15) is 4.98 Å². The zero-order chi connectivity index (χ0) is 20.3. The molecule has 0 aliphatic carbocycles. The summed E-state index contributed by atoms with van der Waals surface area (Å²) >= 11 is 0. The molecular weight excluding hydrogens is 358 g/mol. The third-order valence-corrected chi connectivity index (χ3v) is 5.09. The van der Waals surface area contributed by atoms with E-state index in [9.17, 15) is 9.90 Å². The van der Waals surface area contributed by atoms with Crippen LogP contribution in [0.15, 0.2) is 24.5 Å². The van der Waals surface area contributed by atoms with Crippen molar-refractivity contribution in [2.45, 2.75) is 39.2 Å². The number of carboxylic acids is 1. The molecule has 0 bridgehead atoms. The molecule has 8 nitrogen and oxygen atoms in total. The van der Waals surface area contributed by atoms with E-state index in [0.29, 0.717) is 43.6 Å². The molecule has 0 aromatic carbocycles. The van der Waals surface area contributed by atoms with Gasteiger partial charge < -0.3 is 20.1 Å². The van der Waals surface area contributed by atoms with Gasteiger partial charge in [-0.3, -0.25) is 9.78 Å². The highest BCUT2D eigenvalue weighted by Gasteiger charge is 2.35. The van der Waals surface area contributed by atoms with Crippen LogP contribution < -0.4 is 10.2 Å². The molecule has 2 aromatic heterocycles. The highest BCUT2D eigenvalue weighted by atomic mass is 16.5. The first-order valence-electron chi connectivity index (χ1n) is 9.42. The zero-order valence-electron chi connectivity index (χ0n) is 16.8. The van der Waals surface area contributed by atoms with Crippen LogP contribution >= 0.6 is 0 Å². The Kier molecular flexibility index (Phi) is 5.79. The van der Waals surface area contributed by atoms with Crippen molar-refractivity contribution in [1.82, 2.24) is 15.0 Å². The molecule has 1 atom stereocenters. The van der Waals surface area contributed by atoms with E-state index in [1.54, 1.807) is 26.2 Å². The predicted octanol–water partition coefficient (Wildman–Crippen LogP) is 2.55. The fourth-order valence-corrected chi connectivity index (χ4v) is 3.23. The number of carboxylic acid groups (broad SMARTS) is 1. The van der Waals surface area contributed by atoms with Crippen LogP contribution in [0.4, 0.5) is 11.8 Å². The molecule has 2 aromatic rings. The Hall–Kier alpha value is -2.74. The van der Waals surface area contributed by atoms with Gasteiger partial charge in [-0.25, -0.2) is 4.98 Å². The summed E-state index contributed by atoms with van der Waals surface area (Å²) in [6, 6.07) is 3.83. The Morgan fingerprint density at radius 2 is 2.04 bits per heavy atom. The normalized spacial score (nSPS) is 15.9. The van der Waals surface area contributed by atoms with Gasteiger partial charge in [0.25, 0.3) is 0 Å². The second-order valence-corrected chi connectivity index (χ2v) is 7.53. The third-order valence-electron chi connectivity index (χ3n) is 5.09. The number of aliphatic carboxylic acids is 1. The van der Waals surface area contributed by atoms with Crippen molar-refractivity contribution >= 4 is 17.7 Å². The van der Waals surface area contributed by atoms with E-state index in [1.165, 1.54) is 0 Å². The van der Waals surface area contributed by atoms with E-state index in [-0.39, 0.29) is 6.04 Å². The number of rotatable bonds is 6. The van der Waals surface area contributed by atoms with E-state index in [1.807, 2.05) is 26.0 Å². The average molecular weight is 385 g/mol. The molecule has 2 N–H and O–H groups in total. The summed E-state index contributed by atoms with van der Waals surface area (Å²) < 4.78 is 5.43. The van der Waals surface area contributed by atoms with Gasteiger partial charge in [0.2, 0.25) is 5.95 Å². The van der Waals surface area contributed by atoms with Crippen LogP contribution in [0.1, 0.15) is 43.6 Å². The zero-order valence-corrected chi connectivity index (χ0v) is 16.8. The number of pyridine rings is 1. The Balaban J connectivity index is 1.95. The molecular formula is C20H27N5O3. The lowest BCUT2D eigenvalue weighted by Crippen LogP contribution is -2.40. The molecule has 150 valence electrons. The van der Waals surface area contributed by atoms with Crippen molar-refractivity contribution < 1.29 is 14.6 Å². The first kappa shape index (κ1) is 20.0. The lowest BCUT2D eigenvalue weighted by molar-refractivity contribution is -0.142. The summed E-state index contributed by atoms with van der Waals surface area (Å²) in [6.45, 7) is 9.85. The average Bonchev–Trinajstić information content (AvgIpc) is 2.68. The lowest BCUT2D eigenvalue weighted by atomic mass is 9.85. The fourth-order valence-electron chi connectivity index (χ4n) is 3.23. The molecule has 1 aliphatic rings. The van der Waals surface area contributed by atoms with E-state index in [2.05, 4.69) is 20.2 Å². The molecule has 3 heterocycles. The first-order valence-corrected chi connectivity index (χ1v) is 9.42. The summed E-state index contributed by atoms with van der Waals surface area (Å²) in [6.07, 6.45) is 3.38. The van der Waals surface area contributed by atoms with Crippen LogP contribution in [0, 0.1) is 6.92 Å². The van der Waals surface area contributed by atoms with Gasteiger partial charge in [-0.05, 0) is 39.3 Å². The van der Waals surface area contributed by atoms with E-state index < -0.39 is 11.4 Å². The van der Waals surface area contributed by atoms with Crippen LogP contribution in [0.25, 0.3) is 0 Å². The number of carbonyl (C=O) groups is 1. The Bertz CT molecular complexity index is 849. The Labute approximate surface area is 165 Å². The van der Waals surface area contributed by atoms with E-state index in [0.717, 1.165) is 11.3 Å². The second kappa shape index (κ2) is 8.10.